The van der Waals surface area contributed by atoms with Gasteiger partial charge in [0.2, 0.25) is 0 Å². The topological polar surface area (TPSA) is 0 Å². The van der Waals surface area contributed by atoms with Gasteiger partial charge in [-0.05, 0) is 0 Å². The Labute approximate surface area is 167 Å². The molecule has 0 saturated heterocycles. The van der Waals surface area contributed by atoms with E-state index in [0.29, 0.717) is 5.92 Å². The molecule has 1 rings (SSSR count). The Morgan fingerprint density at radius 3 is 2.18 bits per heavy atom. The molecule has 0 amide bonds. The molecule has 0 N–H and O–H groups in total. The molecule has 0 fully saturated rings. The fourth-order valence-corrected chi connectivity index (χ4v) is 0.718. The van der Waals surface area contributed by atoms with Crippen molar-refractivity contribution in [2.24, 2.45) is 0 Å². The molecule has 1 aromatic carbocycles. The molecule has 0 saturated carbocycles. The molecule has 0 heterocycles. The third-order valence-corrected chi connectivity index (χ3v) is 1.30. The smallest absolute Gasteiger partial charge is 0.359 e. The summed E-state index contributed by atoms with van der Waals surface area (Å²) in [6, 6.07) is 11.8. The van der Waals surface area contributed by atoms with Gasteiger partial charge in [-0.1, -0.05) is 19.8 Å². The normalized spacial score (nSPS) is 8.27. The zero-order valence-electron chi connectivity index (χ0n) is 7.81. The van der Waals surface area contributed by atoms with E-state index in [0.717, 1.165) is 0 Å². The molecule has 0 aliphatic heterocycles. The monoisotopic (exact) mass is 288 g/mol. The molecule has 0 aliphatic rings. The van der Waals surface area contributed by atoms with Crippen LogP contribution < -0.4 is 116 Å². The van der Waals surface area contributed by atoms with Gasteiger partial charge < -0.3 is 18.2 Å². The largest absolute Gasteiger partial charge is 1.00 e. The van der Waals surface area contributed by atoms with E-state index in [4.69, 9.17) is 0 Å². The van der Waals surface area contributed by atoms with Gasteiger partial charge in [-0.15, -0.1) is 0 Å². The Balaban J connectivity index is 0. The maximum atomic E-state index is 3.11. The van der Waals surface area contributed by atoms with Crippen LogP contribution >= 0.6 is 0 Å². The average molecular weight is 289 g/mol. The zero-order valence-corrected chi connectivity index (χ0v) is 17.6. The van der Waals surface area contributed by atoms with E-state index >= 15 is 0 Å². The van der Waals surface area contributed by atoms with Crippen LogP contribution in [0.5, 0.6) is 0 Å². The molecule has 0 aliphatic carbocycles. The number of hydrogen-bond donors (Lipinski definition) is 0. The minimum Gasteiger partial charge on any atom is -0.359 e. The van der Waals surface area contributed by atoms with Crippen LogP contribution in [0, 0.1) is 12.1 Å². The number of rotatable bonds is 1. The van der Waals surface area contributed by atoms with Crippen LogP contribution in [-0.2, 0) is 0 Å². The molecule has 0 spiro atoms. The number of hydrogen-bond acceptors (Lipinski definition) is 0. The summed E-state index contributed by atoms with van der Waals surface area (Å²) in [5.41, 5.74) is 1.26. The van der Waals surface area contributed by atoms with Crippen LogP contribution in [0.3, 0.4) is 0 Å². The Kier molecular flexibility index (Phi) is 13.9. The fourth-order valence-electron chi connectivity index (χ4n) is 0.718. The van der Waals surface area contributed by atoms with Crippen molar-refractivity contribution in [3.8, 4) is 0 Å². The van der Waals surface area contributed by atoms with E-state index in [1.165, 1.54) is 5.56 Å². The van der Waals surface area contributed by atoms with E-state index < -0.39 is 0 Å². The summed E-state index contributed by atoms with van der Waals surface area (Å²) in [5, 5.41) is 0. The summed E-state index contributed by atoms with van der Waals surface area (Å²) in [6.45, 7) is 4.32. The van der Waals surface area contributed by atoms with Crippen LogP contribution in [-0.4, -0.2) is 0 Å². The Morgan fingerprint density at radius 1 is 1.27 bits per heavy atom. The van der Waals surface area contributed by atoms with E-state index in [-0.39, 0.29) is 116 Å². The average Bonchev–Trinajstić information content (AvgIpc) is 1.90. The first-order valence-electron chi connectivity index (χ1n) is 3.18. The maximum Gasteiger partial charge on any atom is 1.00 e. The van der Waals surface area contributed by atoms with E-state index in [9.17, 15) is 0 Å². The second kappa shape index (κ2) is 9.39. The van der Waals surface area contributed by atoms with Gasteiger partial charge in [0.25, 0.3) is 0 Å². The number of benzene rings is 1. The van der Waals surface area contributed by atoms with Crippen LogP contribution in [0.4, 0.5) is 0 Å². The molecular formula is C9H10Rb2. The van der Waals surface area contributed by atoms with Crippen LogP contribution in [0.2, 0.25) is 0 Å². The predicted molar refractivity (Wildman–Crippen MR) is 38.2 cm³/mol. The van der Waals surface area contributed by atoms with E-state index in [1.807, 2.05) is 18.2 Å². The standard InChI is InChI=1S/C9H10.2Rb/c1-8(2)9-6-4-3-5-7-9;;/h4-6,8H,1-2H3;;/q-2;2*+1. The van der Waals surface area contributed by atoms with Crippen molar-refractivity contribution in [2.45, 2.75) is 19.8 Å². The minimum absolute atomic E-state index is 0. The summed E-state index contributed by atoms with van der Waals surface area (Å²) in [4.78, 5) is 0. The molecule has 0 radical (unpaired) electrons. The molecule has 0 atom stereocenters. The molecule has 0 unspecified atom stereocenters. The third kappa shape index (κ3) is 6.84. The fraction of sp³-hybridized carbons (Fsp3) is 0.333. The second-order valence-corrected chi connectivity index (χ2v) is 2.40. The summed E-state index contributed by atoms with van der Waals surface area (Å²) >= 11 is 0. The van der Waals surface area contributed by atoms with Crippen molar-refractivity contribution in [3.05, 3.63) is 35.9 Å². The first-order chi connectivity index (χ1) is 4.30. The van der Waals surface area contributed by atoms with Gasteiger partial charge in [-0.2, -0.15) is 0 Å². The molecule has 2 heteroatoms. The molecule has 48 valence electrons. The molecule has 1 aromatic rings. The van der Waals surface area contributed by atoms with Crippen molar-refractivity contribution in [1.82, 2.24) is 0 Å². The van der Waals surface area contributed by atoms with E-state index in [2.05, 4.69) is 26.0 Å². The summed E-state index contributed by atoms with van der Waals surface area (Å²) in [7, 11) is 0. The van der Waals surface area contributed by atoms with Gasteiger partial charge in [0.1, 0.15) is 0 Å². The summed E-state index contributed by atoms with van der Waals surface area (Å²) in [6.07, 6.45) is 0. The van der Waals surface area contributed by atoms with Gasteiger partial charge in [-0.25, -0.2) is 0 Å². The SMILES string of the molecule is CC(C)c1[c-]c[c-]cc1.[Rb+].[Rb+]. The summed E-state index contributed by atoms with van der Waals surface area (Å²) in [5.74, 6) is 0.583. The first-order valence-corrected chi connectivity index (χ1v) is 3.18. The first kappa shape index (κ1) is 16.3. The summed E-state index contributed by atoms with van der Waals surface area (Å²) < 4.78 is 0. The van der Waals surface area contributed by atoms with Gasteiger partial charge in [-0.3, -0.25) is 17.7 Å². The minimum atomic E-state index is 0. The van der Waals surface area contributed by atoms with Crippen LogP contribution in [0.25, 0.3) is 0 Å². The van der Waals surface area contributed by atoms with Gasteiger partial charge >= 0.3 is 116 Å². The molecule has 0 aromatic heterocycles. The zero-order chi connectivity index (χ0) is 6.69. The maximum absolute atomic E-state index is 3.11. The van der Waals surface area contributed by atoms with E-state index in [1.54, 1.807) is 0 Å². The van der Waals surface area contributed by atoms with Crippen molar-refractivity contribution in [1.29, 1.82) is 0 Å². The van der Waals surface area contributed by atoms with Crippen molar-refractivity contribution < 1.29 is 116 Å². The molecule has 0 bridgehead atoms. The van der Waals surface area contributed by atoms with Gasteiger partial charge in [0, 0.05) is 0 Å². The quantitative estimate of drug-likeness (QED) is 0.469. The third-order valence-electron chi connectivity index (χ3n) is 1.30. The van der Waals surface area contributed by atoms with Crippen molar-refractivity contribution in [3.63, 3.8) is 0 Å². The van der Waals surface area contributed by atoms with Crippen LogP contribution in [0.1, 0.15) is 25.3 Å². The van der Waals surface area contributed by atoms with Gasteiger partial charge in [0.15, 0.2) is 0 Å². The predicted octanol–water partition coefficient (Wildman–Crippen LogP) is -3.58. The Morgan fingerprint density at radius 2 is 1.91 bits per heavy atom. The van der Waals surface area contributed by atoms with Gasteiger partial charge in [0.05, 0.1) is 0 Å². The molecular weight excluding hydrogens is 279 g/mol. The second-order valence-electron chi connectivity index (χ2n) is 2.40. The molecule has 11 heavy (non-hydrogen) atoms. The van der Waals surface area contributed by atoms with Crippen molar-refractivity contribution >= 4 is 0 Å². The Bertz CT molecular complexity index is 170. The van der Waals surface area contributed by atoms with Crippen molar-refractivity contribution in [2.75, 3.05) is 0 Å². The van der Waals surface area contributed by atoms with Crippen LogP contribution in [0.15, 0.2) is 18.2 Å². The molecule has 0 nitrogen and oxygen atoms in total. The Hall–Kier alpha value is 2.83.